The van der Waals surface area contributed by atoms with Crippen LogP contribution in [0.3, 0.4) is 0 Å². The number of nitrogens with zero attached hydrogens (tertiary/aromatic N) is 3. The molecule has 0 aliphatic carbocycles. The molecule has 4 rings (SSSR count). The number of carbonyl (C=O) groups excluding carboxylic acids is 1. The van der Waals surface area contributed by atoms with E-state index in [2.05, 4.69) is 15.5 Å². The summed E-state index contributed by atoms with van der Waals surface area (Å²) in [7, 11) is 0. The Hall–Kier alpha value is -2.86. The van der Waals surface area contributed by atoms with E-state index < -0.39 is 0 Å². The molecule has 144 valence electrons. The Bertz CT molecular complexity index is 1020. The topological polar surface area (TPSA) is 71.3 Å². The second kappa shape index (κ2) is 7.64. The van der Waals surface area contributed by atoms with E-state index in [0.717, 1.165) is 29.5 Å². The fourth-order valence-corrected chi connectivity index (χ4v) is 3.66. The molecule has 1 atom stereocenters. The number of nitrogens with one attached hydrogen (secondary N) is 1. The van der Waals surface area contributed by atoms with Crippen LogP contribution in [0.4, 0.5) is 10.5 Å². The number of aromatic nitrogens is 2. The number of carbonyl (C=O) groups is 1. The van der Waals surface area contributed by atoms with Gasteiger partial charge >= 0.3 is 6.03 Å². The lowest BCUT2D eigenvalue weighted by Gasteiger charge is -2.22. The zero-order valence-corrected chi connectivity index (χ0v) is 16.5. The van der Waals surface area contributed by atoms with Crippen molar-refractivity contribution >= 4 is 23.3 Å². The van der Waals surface area contributed by atoms with Crippen molar-refractivity contribution in [3.63, 3.8) is 0 Å². The number of hydrogen-bond donors (Lipinski definition) is 1. The van der Waals surface area contributed by atoms with Crippen LogP contribution in [0, 0.1) is 13.8 Å². The SMILES string of the molecule is Cc1ccc(Cl)cc1NC(=O)N1CCC[C@@H]1c1nc(-c2ccccc2C)no1. The van der Waals surface area contributed by atoms with Crippen LogP contribution in [-0.4, -0.2) is 27.6 Å². The first-order valence-corrected chi connectivity index (χ1v) is 9.64. The molecule has 1 fully saturated rings. The third-order valence-electron chi connectivity index (χ3n) is 5.07. The molecule has 3 aromatic rings. The number of benzene rings is 2. The highest BCUT2D eigenvalue weighted by Gasteiger charge is 2.34. The number of likely N-dealkylation sites (tertiary alicyclic amines) is 1. The summed E-state index contributed by atoms with van der Waals surface area (Å²) in [6.07, 6.45) is 1.67. The summed E-state index contributed by atoms with van der Waals surface area (Å²) in [5.74, 6) is 1.01. The van der Waals surface area contributed by atoms with Gasteiger partial charge in [-0.15, -0.1) is 0 Å². The van der Waals surface area contributed by atoms with Gasteiger partial charge in [0.2, 0.25) is 11.7 Å². The predicted octanol–water partition coefficient (Wildman–Crippen LogP) is 5.38. The Labute approximate surface area is 168 Å². The smallest absolute Gasteiger partial charge is 0.322 e. The van der Waals surface area contributed by atoms with Gasteiger partial charge in [0.05, 0.1) is 0 Å². The molecule has 1 aromatic heterocycles. The second-order valence-electron chi connectivity index (χ2n) is 7.01. The zero-order valence-electron chi connectivity index (χ0n) is 15.8. The molecule has 0 unspecified atom stereocenters. The first-order valence-electron chi connectivity index (χ1n) is 9.26. The van der Waals surface area contributed by atoms with Crippen molar-refractivity contribution in [2.45, 2.75) is 32.7 Å². The first-order chi connectivity index (χ1) is 13.5. The molecule has 1 N–H and O–H groups in total. The summed E-state index contributed by atoms with van der Waals surface area (Å²) < 4.78 is 5.53. The zero-order chi connectivity index (χ0) is 19.7. The molecule has 2 heterocycles. The number of rotatable bonds is 3. The summed E-state index contributed by atoms with van der Waals surface area (Å²) in [6, 6.07) is 12.9. The Morgan fingerprint density at radius 2 is 2.04 bits per heavy atom. The third kappa shape index (κ3) is 3.60. The summed E-state index contributed by atoms with van der Waals surface area (Å²) in [5.41, 5.74) is 3.66. The van der Waals surface area contributed by atoms with Gasteiger partial charge in [0.25, 0.3) is 0 Å². The molecule has 0 saturated carbocycles. The Morgan fingerprint density at radius 3 is 2.86 bits per heavy atom. The largest absolute Gasteiger partial charge is 0.337 e. The highest BCUT2D eigenvalue weighted by molar-refractivity contribution is 6.31. The standard InChI is InChI=1S/C21H21ClN4O2/c1-13-6-3-4-7-16(13)19-24-20(28-25-19)18-8-5-11-26(18)21(27)23-17-12-15(22)10-9-14(17)2/h3-4,6-7,9-10,12,18H,5,8,11H2,1-2H3,(H,23,27)/t18-/m1/s1. The highest BCUT2D eigenvalue weighted by atomic mass is 35.5. The summed E-state index contributed by atoms with van der Waals surface area (Å²) in [5, 5.41) is 7.67. The van der Waals surface area contributed by atoms with Gasteiger partial charge in [-0.05, 0) is 49.9 Å². The summed E-state index contributed by atoms with van der Waals surface area (Å²) >= 11 is 6.06. The maximum atomic E-state index is 12.9. The molecule has 6 nitrogen and oxygen atoms in total. The van der Waals surface area contributed by atoms with Gasteiger partial charge < -0.3 is 14.7 Å². The highest BCUT2D eigenvalue weighted by Crippen LogP contribution is 2.33. The van der Waals surface area contributed by atoms with Crippen molar-refractivity contribution in [1.29, 1.82) is 0 Å². The van der Waals surface area contributed by atoms with E-state index in [-0.39, 0.29) is 12.1 Å². The Kier molecular flexibility index (Phi) is 5.05. The molecule has 2 amide bonds. The minimum atomic E-state index is -0.232. The van der Waals surface area contributed by atoms with Crippen LogP contribution in [0.25, 0.3) is 11.4 Å². The van der Waals surface area contributed by atoms with Gasteiger partial charge in [0.1, 0.15) is 6.04 Å². The normalized spacial score (nSPS) is 16.4. The van der Waals surface area contributed by atoms with Crippen LogP contribution in [0.15, 0.2) is 47.0 Å². The number of aryl methyl sites for hydroxylation is 2. The maximum Gasteiger partial charge on any atom is 0.322 e. The van der Waals surface area contributed by atoms with E-state index in [1.165, 1.54) is 0 Å². The van der Waals surface area contributed by atoms with Crippen LogP contribution >= 0.6 is 11.6 Å². The van der Waals surface area contributed by atoms with Crippen molar-refractivity contribution in [2.24, 2.45) is 0 Å². The molecule has 1 aliphatic heterocycles. The average Bonchev–Trinajstić information content (AvgIpc) is 3.34. The molecule has 0 radical (unpaired) electrons. The summed E-state index contributed by atoms with van der Waals surface area (Å²) in [6.45, 7) is 4.58. The Morgan fingerprint density at radius 1 is 1.21 bits per heavy atom. The quantitative estimate of drug-likeness (QED) is 0.645. The second-order valence-corrected chi connectivity index (χ2v) is 7.45. The number of hydrogen-bond acceptors (Lipinski definition) is 4. The van der Waals surface area contributed by atoms with Gasteiger partial charge in [-0.1, -0.05) is 47.1 Å². The molecular weight excluding hydrogens is 376 g/mol. The Balaban J connectivity index is 1.55. The van der Waals surface area contributed by atoms with Gasteiger partial charge in [-0.2, -0.15) is 4.98 Å². The minimum Gasteiger partial charge on any atom is -0.337 e. The van der Waals surface area contributed by atoms with Crippen molar-refractivity contribution in [3.8, 4) is 11.4 Å². The lowest BCUT2D eigenvalue weighted by molar-refractivity contribution is 0.193. The number of halogens is 1. The monoisotopic (exact) mass is 396 g/mol. The molecule has 0 spiro atoms. The van der Waals surface area contributed by atoms with Crippen molar-refractivity contribution in [1.82, 2.24) is 15.0 Å². The molecule has 1 saturated heterocycles. The van der Waals surface area contributed by atoms with Gasteiger partial charge in [-0.25, -0.2) is 4.79 Å². The van der Waals surface area contributed by atoms with Crippen LogP contribution in [0.1, 0.15) is 35.9 Å². The van der Waals surface area contributed by atoms with Crippen molar-refractivity contribution in [2.75, 3.05) is 11.9 Å². The first kappa shape index (κ1) is 18.5. The molecule has 0 bridgehead atoms. The van der Waals surface area contributed by atoms with Gasteiger partial charge in [-0.3, -0.25) is 0 Å². The van der Waals surface area contributed by atoms with Gasteiger partial charge in [0.15, 0.2) is 0 Å². The van der Waals surface area contributed by atoms with E-state index in [0.29, 0.717) is 29.0 Å². The van der Waals surface area contributed by atoms with Crippen LogP contribution in [0.2, 0.25) is 5.02 Å². The number of urea groups is 1. The van der Waals surface area contributed by atoms with Crippen LogP contribution < -0.4 is 5.32 Å². The molecule has 7 heteroatoms. The molecule has 1 aliphatic rings. The minimum absolute atomic E-state index is 0.191. The van der Waals surface area contributed by atoms with E-state index >= 15 is 0 Å². The van der Waals surface area contributed by atoms with Crippen molar-refractivity contribution < 1.29 is 9.32 Å². The number of amides is 2. The third-order valence-corrected chi connectivity index (χ3v) is 5.30. The number of anilines is 1. The lowest BCUT2D eigenvalue weighted by Crippen LogP contribution is -2.34. The van der Waals surface area contributed by atoms with E-state index in [1.54, 1.807) is 17.0 Å². The average molecular weight is 397 g/mol. The molecule has 2 aromatic carbocycles. The van der Waals surface area contributed by atoms with E-state index in [4.69, 9.17) is 16.1 Å². The maximum absolute atomic E-state index is 12.9. The van der Waals surface area contributed by atoms with E-state index in [9.17, 15) is 4.79 Å². The fraction of sp³-hybridized carbons (Fsp3) is 0.286. The molecule has 28 heavy (non-hydrogen) atoms. The fourth-order valence-electron chi connectivity index (χ4n) is 3.49. The van der Waals surface area contributed by atoms with Gasteiger partial charge in [0, 0.05) is 22.8 Å². The van der Waals surface area contributed by atoms with Crippen LogP contribution in [-0.2, 0) is 0 Å². The summed E-state index contributed by atoms with van der Waals surface area (Å²) in [4.78, 5) is 19.2. The van der Waals surface area contributed by atoms with Crippen LogP contribution in [0.5, 0.6) is 0 Å². The lowest BCUT2D eigenvalue weighted by atomic mass is 10.1. The van der Waals surface area contributed by atoms with Crippen molar-refractivity contribution in [3.05, 3.63) is 64.5 Å². The van der Waals surface area contributed by atoms with E-state index in [1.807, 2.05) is 44.2 Å². The predicted molar refractivity (Wildman–Crippen MR) is 108 cm³/mol. The molecular formula is C21H21ClN4O2.